The Bertz CT molecular complexity index is 267. The number of benzene rings is 1. The predicted octanol–water partition coefficient (Wildman–Crippen LogP) is -0.125. The Balaban J connectivity index is 2.35. The summed E-state index contributed by atoms with van der Waals surface area (Å²) >= 11 is 0. The van der Waals surface area contributed by atoms with Gasteiger partial charge in [-0.1, -0.05) is 17.7 Å². The van der Waals surface area contributed by atoms with E-state index in [1.807, 2.05) is 24.3 Å². The van der Waals surface area contributed by atoms with Gasteiger partial charge in [-0.15, -0.1) is 0 Å². The highest BCUT2D eigenvalue weighted by atomic mass is 16.4. The molecule has 4 nitrogen and oxygen atoms in total. The van der Waals surface area contributed by atoms with Crippen LogP contribution in [0.1, 0.15) is 5.56 Å². The first-order chi connectivity index (χ1) is 7.36. The highest BCUT2D eigenvalue weighted by Gasteiger charge is 1.96. The average Bonchev–Trinajstić information content (AvgIpc) is 2.28. The molecular weight excluding hydrogens is 191 g/mol. The topological polar surface area (TPSA) is 67.5 Å². The van der Waals surface area contributed by atoms with Gasteiger partial charge in [0.15, 0.2) is 0 Å². The normalized spacial score (nSPS) is 10.0. The molecule has 15 heavy (non-hydrogen) atoms. The molecule has 0 atom stereocenters. The minimum absolute atomic E-state index is 0.145. The molecule has 0 amide bonds. The van der Waals surface area contributed by atoms with E-state index in [0.29, 0.717) is 14.0 Å². The van der Waals surface area contributed by atoms with Crippen LogP contribution in [-0.4, -0.2) is 32.5 Å². The van der Waals surface area contributed by atoms with Gasteiger partial charge in [-0.25, -0.2) is 0 Å². The number of rotatable bonds is 7. The molecular formula is C10H17BN2O2. The third-order valence-corrected chi connectivity index (χ3v) is 2.05. The van der Waals surface area contributed by atoms with Gasteiger partial charge < -0.3 is 20.8 Å². The number of aliphatic hydroxyl groups excluding tert-OH is 1. The van der Waals surface area contributed by atoms with Crippen LogP contribution in [0.3, 0.4) is 0 Å². The molecule has 0 unspecified atom stereocenters. The van der Waals surface area contributed by atoms with Crippen molar-refractivity contribution in [1.82, 2.24) is 0 Å². The minimum Gasteiger partial charge on any atom is -0.427 e. The maximum Gasteiger partial charge on any atom is 0.281 e. The molecule has 0 aliphatic heterocycles. The zero-order valence-electron chi connectivity index (χ0n) is 8.78. The van der Waals surface area contributed by atoms with E-state index < -0.39 is 0 Å². The van der Waals surface area contributed by atoms with Crippen LogP contribution in [0, 0.1) is 0 Å². The highest BCUT2D eigenvalue weighted by molar-refractivity contribution is 6.26. The van der Waals surface area contributed by atoms with Gasteiger partial charge in [0.05, 0.1) is 13.3 Å². The third-order valence-electron chi connectivity index (χ3n) is 2.05. The van der Waals surface area contributed by atoms with Crippen molar-refractivity contribution < 1.29 is 9.76 Å². The second-order valence-electron chi connectivity index (χ2n) is 3.17. The second-order valence-corrected chi connectivity index (χ2v) is 3.17. The zero-order chi connectivity index (χ0) is 10.9. The molecule has 0 bridgehead atoms. The van der Waals surface area contributed by atoms with E-state index in [-0.39, 0.29) is 13.3 Å². The standard InChI is InChI=1S/C10H17BN2O2/c12-8-15-11-7-9-1-3-10(4-2-9)13-5-6-14/h1-4,11,13-14H,5-8,12H2. The first kappa shape index (κ1) is 12.0. The molecule has 0 heterocycles. The molecule has 1 aromatic carbocycles. The third kappa shape index (κ3) is 4.83. The summed E-state index contributed by atoms with van der Waals surface area (Å²) in [7, 11) is 0.653. The van der Waals surface area contributed by atoms with Crippen molar-refractivity contribution in [1.29, 1.82) is 0 Å². The van der Waals surface area contributed by atoms with Crippen LogP contribution >= 0.6 is 0 Å². The van der Waals surface area contributed by atoms with Crippen molar-refractivity contribution in [2.45, 2.75) is 6.32 Å². The van der Waals surface area contributed by atoms with Crippen LogP contribution < -0.4 is 11.1 Å². The molecule has 1 aromatic rings. The molecule has 0 radical (unpaired) electrons. The van der Waals surface area contributed by atoms with Crippen LogP contribution in [0.25, 0.3) is 0 Å². The summed E-state index contributed by atoms with van der Waals surface area (Å²) in [4.78, 5) is 0. The molecule has 0 aliphatic carbocycles. The van der Waals surface area contributed by atoms with E-state index in [0.717, 1.165) is 12.0 Å². The molecule has 0 fully saturated rings. The zero-order valence-corrected chi connectivity index (χ0v) is 8.78. The Morgan fingerprint density at radius 2 is 2.07 bits per heavy atom. The van der Waals surface area contributed by atoms with Crippen molar-refractivity contribution in [2.75, 3.05) is 25.2 Å². The van der Waals surface area contributed by atoms with E-state index in [9.17, 15) is 0 Å². The van der Waals surface area contributed by atoms with Crippen molar-refractivity contribution in [3.63, 3.8) is 0 Å². The van der Waals surface area contributed by atoms with Crippen LogP contribution in [0.2, 0.25) is 0 Å². The molecule has 0 aromatic heterocycles. The van der Waals surface area contributed by atoms with Crippen molar-refractivity contribution in [2.24, 2.45) is 5.73 Å². The van der Waals surface area contributed by atoms with Crippen molar-refractivity contribution in [3.8, 4) is 0 Å². The summed E-state index contributed by atoms with van der Waals surface area (Å²) in [6.07, 6.45) is 0.872. The van der Waals surface area contributed by atoms with E-state index in [1.54, 1.807) is 0 Å². The van der Waals surface area contributed by atoms with Crippen LogP contribution in [0.5, 0.6) is 0 Å². The minimum atomic E-state index is 0.145. The first-order valence-electron chi connectivity index (χ1n) is 5.08. The average molecular weight is 208 g/mol. The lowest BCUT2D eigenvalue weighted by atomic mass is 9.89. The Morgan fingerprint density at radius 3 is 2.67 bits per heavy atom. The predicted molar refractivity (Wildman–Crippen MR) is 63.0 cm³/mol. The molecule has 0 spiro atoms. The molecule has 1 rings (SSSR count). The molecule has 5 heteroatoms. The maximum atomic E-state index is 8.63. The van der Waals surface area contributed by atoms with Gasteiger partial charge in [0.2, 0.25) is 0 Å². The summed E-state index contributed by atoms with van der Waals surface area (Å²) in [5.41, 5.74) is 7.46. The first-order valence-corrected chi connectivity index (χ1v) is 5.08. The van der Waals surface area contributed by atoms with E-state index in [1.165, 1.54) is 5.56 Å². The SMILES string of the molecule is NCOBCc1ccc(NCCO)cc1. The molecule has 0 saturated heterocycles. The van der Waals surface area contributed by atoms with Gasteiger partial charge in [0, 0.05) is 12.2 Å². The smallest absolute Gasteiger partial charge is 0.281 e. The van der Waals surface area contributed by atoms with Crippen LogP contribution in [0.15, 0.2) is 24.3 Å². The van der Waals surface area contributed by atoms with Gasteiger partial charge in [-0.05, 0) is 18.5 Å². The molecule has 82 valence electrons. The molecule has 4 N–H and O–H groups in total. The summed E-state index contributed by atoms with van der Waals surface area (Å²) in [5, 5.41) is 11.7. The Kier molecular flexibility index (Phi) is 5.84. The van der Waals surface area contributed by atoms with Crippen molar-refractivity contribution in [3.05, 3.63) is 29.8 Å². The Morgan fingerprint density at radius 1 is 1.33 bits per heavy atom. The number of nitrogens with two attached hydrogens (primary N) is 1. The number of hydrogen-bond donors (Lipinski definition) is 3. The quantitative estimate of drug-likeness (QED) is 0.332. The number of nitrogens with one attached hydrogen (secondary N) is 1. The molecule has 0 aliphatic rings. The number of aliphatic hydroxyl groups is 1. The van der Waals surface area contributed by atoms with Crippen molar-refractivity contribution >= 4 is 13.2 Å². The molecule has 0 saturated carbocycles. The lowest BCUT2D eigenvalue weighted by molar-refractivity contribution is 0.311. The lowest BCUT2D eigenvalue weighted by Gasteiger charge is -2.05. The van der Waals surface area contributed by atoms with Gasteiger partial charge in [-0.3, -0.25) is 0 Å². The van der Waals surface area contributed by atoms with Crippen LogP contribution in [-0.2, 0) is 11.0 Å². The Hall–Kier alpha value is -1.04. The monoisotopic (exact) mass is 208 g/mol. The van der Waals surface area contributed by atoms with Gasteiger partial charge in [-0.2, -0.15) is 0 Å². The number of anilines is 1. The van der Waals surface area contributed by atoms with Gasteiger partial charge in [0.25, 0.3) is 7.48 Å². The van der Waals surface area contributed by atoms with E-state index >= 15 is 0 Å². The van der Waals surface area contributed by atoms with E-state index in [4.69, 9.17) is 15.5 Å². The summed E-state index contributed by atoms with van der Waals surface area (Å²) in [6.45, 7) is 0.998. The summed E-state index contributed by atoms with van der Waals surface area (Å²) in [6, 6.07) is 8.07. The highest BCUT2D eigenvalue weighted by Crippen LogP contribution is 2.09. The van der Waals surface area contributed by atoms with E-state index in [2.05, 4.69) is 5.32 Å². The fraction of sp³-hybridized carbons (Fsp3) is 0.400. The van der Waals surface area contributed by atoms with Crippen LogP contribution in [0.4, 0.5) is 5.69 Å². The fourth-order valence-electron chi connectivity index (χ4n) is 1.26. The van der Waals surface area contributed by atoms with Gasteiger partial charge >= 0.3 is 0 Å². The summed E-state index contributed by atoms with van der Waals surface area (Å²) < 4.78 is 5.06. The summed E-state index contributed by atoms with van der Waals surface area (Å²) in [5.74, 6) is 0. The van der Waals surface area contributed by atoms with Gasteiger partial charge in [0.1, 0.15) is 0 Å². The number of hydrogen-bond acceptors (Lipinski definition) is 4. The fourth-order valence-corrected chi connectivity index (χ4v) is 1.26. The largest absolute Gasteiger partial charge is 0.427 e. The lowest BCUT2D eigenvalue weighted by Crippen LogP contribution is -2.10. The Labute approximate surface area is 90.7 Å². The maximum absolute atomic E-state index is 8.63. The second kappa shape index (κ2) is 7.28.